The minimum absolute atomic E-state index is 0.106. The smallest absolute Gasteiger partial charge is 0.423 e. The molecule has 0 saturated heterocycles. The number of carbonyl (C=O) groups is 1. The molecule has 6 nitrogen and oxygen atoms in total. The van der Waals surface area contributed by atoms with Crippen LogP contribution in [-0.2, 0) is 24.1 Å². The van der Waals surface area contributed by atoms with Crippen molar-refractivity contribution >= 4 is 18.5 Å². The SMILES string of the molecule is O=C(NC1CCc2nc[nH]c2C1)c1ccc2c(c1)B(O)OC2. The van der Waals surface area contributed by atoms with Crippen LogP contribution in [0.15, 0.2) is 24.5 Å². The van der Waals surface area contributed by atoms with Crippen LogP contribution in [0.5, 0.6) is 0 Å². The Morgan fingerprint density at radius 1 is 1.50 bits per heavy atom. The lowest BCUT2D eigenvalue weighted by molar-refractivity contribution is 0.0933. The molecule has 2 aliphatic rings. The highest BCUT2D eigenvalue weighted by Crippen LogP contribution is 2.18. The number of fused-ring (bicyclic) bond motifs is 2. The molecule has 2 heterocycles. The fourth-order valence-electron chi connectivity index (χ4n) is 3.15. The largest absolute Gasteiger partial charge is 0.491 e. The minimum atomic E-state index is -0.926. The zero-order valence-corrected chi connectivity index (χ0v) is 12.0. The predicted molar refractivity (Wildman–Crippen MR) is 80.7 cm³/mol. The van der Waals surface area contributed by atoms with Crippen LogP contribution >= 0.6 is 0 Å². The van der Waals surface area contributed by atoms with Crippen LogP contribution < -0.4 is 10.8 Å². The number of imidazole rings is 1. The summed E-state index contributed by atoms with van der Waals surface area (Å²) in [6.45, 7) is 0.392. The van der Waals surface area contributed by atoms with E-state index in [9.17, 15) is 9.82 Å². The Kier molecular flexibility index (Phi) is 3.24. The number of nitrogens with zero attached hydrogens (tertiary/aromatic N) is 1. The molecule has 22 heavy (non-hydrogen) atoms. The first-order valence-electron chi connectivity index (χ1n) is 7.45. The van der Waals surface area contributed by atoms with E-state index in [1.807, 2.05) is 6.07 Å². The van der Waals surface area contributed by atoms with Gasteiger partial charge in [-0.05, 0) is 36.0 Å². The van der Waals surface area contributed by atoms with Gasteiger partial charge in [-0.2, -0.15) is 0 Å². The number of nitrogens with one attached hydrogen (secondary N) is 2. The van der Waals surface area contributed by atoms with Crippen molar-refractivity contribution in [3.63, 3.8) is 0 Å². The van der Waals surface area contributed by atoms with Crippen LogP contribution in [0.1, 0.15) is 33.7 Å². The predicted octanol–water partition coefficient (Wildman–Crippen LogP) is -0.0853. The molecule has 1 atom stereocenters. The molecule has 0 fully saturated rings. The summed E-state index contributed by atoms with van der Waals surface area (Å²) >= 11 is 0. The summed E-state index contributed by atoms with van der Waals surface area (Å²) in [6, 6.07) is 5.44. The van der Waals surface area contributed by atoms with Crippen molar-refractivity contribution in [2.75, 3.05) is 0 Å². The van der Waals surface area contributed by atoms with E-state index in [1.165, 1.54) is 0 Å². The summed E-state index contributed by atoms with van der Waals surface area (Å²) in [5.41, 5.74) is 4.38. The Labute approximate surface area is 128 Å². The third-order valence-corrected chi connectivity index (χ3v) is 4.39. The monoisotopic (exact) mass is 297 g/mol. The topological polar surface area (TPSA) is 87.2 Å². The maximum atomic E-state index is 12.4. The Morgan fingerprint density at radius 2 is 2.41 bits per heavy atom. The molecule has 0 radical (unpaired) electrons. The van der Waals surface area contributed by atoms with Crippen LogP contribution in [0.3, 0.4) is 0 Å². The van der Waals surface area contributed by atoms with Crippen molar-refractivity contribution in [2.45, 2.75) is 31.9 Å². The molecule has 2 aromatic rings. The van der Waals surface area contributed by atoms with Crippen molar-refractivity contribution in [3.8, 4) is 0 Å². The van der Waals surface area contributed by atoms with Gasteiger partial charge in [-0.15, -0.1) is 0 Å². The molecule has 1 aromatic carbocycles. The van der Waals surface area contributed by atoms with Crippen LogP contribution in [0, 0.1) is 0 Å². The summed E-state index contributed by atoms with van der Waals surface area (Å²) < 4.78 is 5.15. The number of rotatable bonds is 2. The average molecular weight is 297 g/mol. The average Bonchev–Trinajstić information content (AvgIpc) is 3.13. The van der Waals surface area contributed by atoms with Gasteiger partial charge >= 0.3 is 7.12 Å². The van der Waals surface area contributed by atoms with E-state index in [2.05, 4.69) is 15.3 Å². The number of aromatic amines is 1. The zero-order chi connectivity index (χ0) is 15.1. The molecule has 1 unspecified atom stereocenters. The molecule has 0 bridgehead atoms. The lowest BCUT2D eigenvalue weighted by Crippen LogP contribution is -2.39. The van der Waals surface area contributed by atoms with Gasteiger partial charge in [-0.3, -0.25) is 4.79 Å². The second kappa shape index (κ2) is 5.26. The van der Waals surface area contributed by atoms with E-state index in [4.69, 9.17) is 4.65 Å². The number of amides is 1. The maximum absolute atomic E-state index is 12.4. The first-order chi connectivity index (χ1) is 10.7. The fourth-order valence-corrected chi connectivity index (χ4v) is 3.15. The van der Waals surface area contributed by atoms with Gasteiger partial charge in [0.05, 0.1) is 18.6 Å². The quantitative estimate of drug-likeness (QED) is 0.676. The minimum Gasteiger partial charge on any atom is -0.423 e. The molecule has 1 aromatic heterocycles. The van der Waals surface area contributed by atoms with E-state index in [-0.39, 0.29) is 11.9 Å². The first kappa shape index (κ1) is 13.5. The van der Waals surface area contributed by atoms with Gasteiger partial charge < -0.3 is 20.0 Å². The fraction of sp³-hybridized carbons (Fsp3) is 0.333. The van der Waals surface area contributed by atoms with Crippen molar-refractivity contribution in [1.82, 2.24) is 15.3 Å². The zero-order valence-electron chi connectivity index (χ0n) is 12.0. The lowest BCUT2D eigenvalue weighted by Gasteiger charge is -2.22. The number of aromatic nitrogens is 2. The Morgan fingerprint density at radius 3 is 3.32 bits per heavy atom. The molecular formula is C15H16BN3O3. The van der Waals surface area contributed by atoms with Gasteiger partial charge in [0.15, 0.2) is 0 Å². The van der Waals surface area contributed by atoms with Crippen LogP contribution in [0.2, 0.25) is 0 Å². The lowest BCUT2D eigenvalue weighted by atomic mass is 9.78. The van der Waals surface area contributed by atoms with Crippen molar-refractivity contribution in [3.05, 3.63) is 47.0 Å². The summed E-state index contributed by atoms with van der Waals surface area (Å²) in [5, 5.41) is 12.8. The summed E-state index contributed by atoms with van der Waals surface area (Å²) in [7, 11) is -0.926. The van der Waals surface area contributed by atoms with Gasteiger partial charge in [0.2, 0.25) is 0 Å². The number of carbonyl (C=O) groups excluding carboxylic acids is 1. The van der Waals surface area contributed by atoms with Crippen molar-refractivity contribution in [1.29, 1.82) is 0 Å². The van der Waals surface area contributed by atoms with Crippen LogP contribution in [-0.4, -0.2) is 34.1 Å². The molecule has 7 heteroatoms. The van der Waals surface area contributed by atoms with E-state index < -0.39 is 7.12 Å². The number of hydrogen-bond acceptors (Lipinski definition) is 4. The first-order valence-corrected chi connectivity index (χ1v) is 7.45. The Hall–Kier alpha value is -2.12. The molecule has 1 aliphatic heterocycles. The van der Waals surface area contributed by atoms with Gasteiger partial charge in [-0.25, -0.2) is 4.98 Å². The Bertz CT molecular complexity index is 731. The molecule has 0 saturated carbocycles. The third-order valence-electron chi connectivity index (χ3n) is 4.39. The van der Waals surface area contributed by atoms with E-state index in [0.717, 1.165) is 36.2 Å². The van der Waals surface area contributed by atoms with Crippen LogP contribution in [0.4, 0.5) is 0 Å². The number of aryl methyl sites for hydroxylation is 1. The number of benzene rings is 1. The van der Waals surface area contributed by atoms with Crippen LogP contribution in [0.25, 0.3) is 0 Å². The van der Waals surface area contributed by atoms with E-state index in [0.29, 0.717) is 17.6 Å². The van der Waals surface area contributed by atoms with E-state index >= 15 is 0 Å². The van der Waals surface area contributed by atoms with Gasteiger partial charge in [0.25, 0.3) is 5.91 Å². The standard InChI is InChI=1S/C15H16BN3O3/c20-15(9-1-2-10-7-22-16(21)12(10)5-9)19-11-3-4-13-14(6-11)18-8-17-13/h1-2,5,8,11,21H,3-4,6-7H2,(H,17,18)(H,19,20). The van der Waals surface area contributed by atoms with Gasteiger partial charge in [0.1, 0.15) is 0 Å². The highest BCUT2D eigenvalue weighted by atomic mass is 16.5. The summed E-state index contributed by atoms with van der Waals surface area (Å²) in [6.07, 6.45) is 4.25. The summed E-state index contributed by atoms with van der Waals surface area (Å²) in [4.78, 5) is 19.8. The third kappa shape index (κ3) is 2.32. The Balaban J connectivity index is 1.48. The molecular weight excluding hydrogens is 281 g/mol. The maximum Gasteiger partial charge on any atom is 0.491 e. The molecule has 4 rings (SSSR count). The van der Waals surface area contributed by atoms with Gasteiger partial charge in [0, 0.05) is 23.7 Å². The second-order valence-corrected chi connectivity index (χ2v) is 5.82. The molecule has 0 spiro atoms. The summed E-state index contributed by atoms with van der Waals surface area (Å²) in [5.74, 6) is -0.116. The normalized spacial score (nSPS) is 19.7. The second-order valence-electron chi connectivity index (χ2n) is 5.82. The molecule has 1 aliphatic carbocycles. The number of hydrogen-bond donors (Lipinski definition) is 3. The highest BCUT2D eigenvalue weighted by Gasteiger charge is 2.28. The van der Waals surface area contributed by atoms with Crippen molar-refractivity contribution < 1.29 is 14.5 Å². The van der Waals surface area contributed by atoms with Crippen molar-refractivity contribution in [2.24, 2.45) is 0 Å². The van der Waals surface area contributed by atoms with Gasteiger partial charge in [-0.1, -0.05) is 6.07 Å². The molecule has 1 amide bonds. The molecule has 3 N–H and O–H groups in total. The highest BCUT2D eigenvalue weighted by molar-refractivity contribution is 6.61. The molecule has 112 valence electrons. The van der Waals surface area contributed by atoms with E-state index in [1.54, 1.807) is 18.5 Å². The number of H-pyrrole nitrogens is 1.